The molecule has 2 aromatic heterocycles. The van der Waals surface area contributed by atoms with Gasteiger partial charge in [0.05, 0.1) is 22.4 Å². The monoisotopic (exact) mass is 365 g/mol. The Bertz CT molecular complexity index is 651. The maximum absolute atomic E-state index is 5.84. The lowest BCUT2D eigenvalue weighted by Gasteiger charge is -2.26. The Balaban J connectivity index is 1.50. The first-order chi connectivity index (χ1) is 11.4. The molecular weight excluding hydrogens is 338 g/mol. The topological polar surface area (TPSA) is 51.0 Å². The molecule has 0 aliphatic heterocycles. The van der Waals surface area contributed by atoms with Crippen LogP contribution in [0, 0.1) is 5.92 Å². The summed E-state index contributed by atoms with van der Waals surface area (Å²) in [5.74, 6) is 3.35. The van der Waals surface area contributed by atoms with Crippen molar-refractivity contribution < 1.29 is 4.42 Å². The number of rotatable bonds is 5. The van der Waals surface area contributed by atoms with E-state index >= 15 is 0 Å². The van der Waals surface area contributed by atoms with Crippen LogP contribution in [0.3, 0.4) is 0 Å². The first-order valence-electron chi connectivity index (χ1n) is 8.70. The average Bonchev–Trinajstić information content (AvgIpc) is 3.16. The minimum absolute atomic E-state index is 0.00892. The maximum atomic E-state index is 5.84. The number of oxazole rings is 1. The standard InChI is InChI=1S/C18H27N3OS2/c1-12-5-7-13(8-6-12)21-17-20-10-16(24-17)23-11-15-19-9-14(22-15)18(2,3)4/h9-10,12-13H,5-8,11H2,1-4H3,(H,20,21). The van der Waals surface area contributed by atoms with Gasteiger partial charge in [0.15, 0.2) is 5.13 Å². The van der Waals surface area contributed by atoms with Gasteiger partial charge < -0.3 is 9.73 Å². The molecule has 0 saturated heterocycles. The van der Waals surface area contributed by atoms with Gasteiger partial charge >= 0.3 is 0 Å². The number of nitrogens with one attached hydrogen (secondary N) is 1. The highest BCUT2D eigenvalue weighted by atomic mass is 32.2. The Labute approximate surface area is 152 Å². The number of thioether (sulfide) groups is 1. The Morgan fingerprint density at radius 3 is 2.62 bits per heavy atom. The molecule has 2 aromatic rings. The van der Waals surface area contributed by atoms with Crippen LogP contribution in [-0.2, 0) is 11.2 Å². The van der Waals surface area contributed by atoms with E-state index < -0.39 is 0 Å². The largest absolute Gasteiger partial charge is 0.444 e. The summed E-state index contributed by atoms with van der Waals surface area (Å²) in [7, 11) is 0. The number of thiazole rings is 1. The molecule has 0 amide bonds. The SMILES string of the molecule is CC1CCC(Nc2ncc(SCc3ncc(C(C)(C)C)o3)s2)CC1. The number of hydrogen-bond acceptors (Lipinski definition) is 6. The van der Waals surface area contributed by atoms with Crippen molar-refractivity contribution in [3.8, 4) is 0 Å². The van der Waals surface area contributed by atoms with Gasteiger partial charge in [-0.1, -0.05) is 39.0 Å². The van der Waals surface area contributed by atoms with E-state index in [-0.39, 0.29) is 5.41 Å². The van der Waals surface area contributed by atoms with Crippen LogP contribution in [0.2, 0.25) is 0 Å². The summed E-state index contributed by atoms with van der Waals surface area (Å²) in [5, 5.41) is 4.64. The van der Waals surface area contributed by atoms with E-state index in [1.165, 1.54) is 29.9 Å². The van der Waals surface area contributed by atoms with Gasteiger partial charge in [-0.3, -0.25) is 0 Å². The van der Waals surface area contributed by atoms with E-state index in [0.29, 0.717) is 6.04 Å². The zero-order chi connectivity index (χ0) is 17.2. The molecule has 6 heteroatoms. The van der Waals surface area contributed by atoms with Crippen LogP contribution >= 0.6 is 23.1 Å². The van der Waals surface area contributed by atoms with Crippen LogP contribution in [0.25, 0.3) is 0 Å². The van der Waals surface area contributed by atoms with Gasteiger partial charge in [0.1, 0.15) is 5.76 Å². The molecule has 0 unspecified atom stereocenters. The highest BCUT2D eigenvalue weighted by Crippen LogP contribution is 2.33. The van der Waals surface area contributed by atoms with Crippen LogP contribution in [-0.4, -0.2) is 16.0 Å². The van der Waals surface area contributed by atoms with Crippen LogP contribution in [0.4, 0.5) is 5.13 Å². The third kappa shape index (κ3) is 4.76. The lowest BCUT2D eigenvalue weighted by atomic mass is 9.87. The van der Waals surface area contributed by atoms with Crippen molar-refractivity contribution in [3.63, 3.8) is 0 Å². The Kier molecular flexibility index (Phi) is 5.55. The number of anilines is 1. The lowest BCUT2D eigenvalue weighted by Crippen LogP contribution is -2.24. The van der Waals surface area contributed by atoms with Crippen LogP contribution < -0.4 is 5.32 Å². The van der Waals surface area contributed by atoms with Gasteiger partial charge in [-0.15, -0.1) is 11.8 Å². The second kappa shape index (κ2) is 7.48. The highest BCUT2D eigenvalue weighted by molar-refractivity contribution is 8.00. The molecule has 1 fully saturated rings. The quantitative estimate of drug-likeness (QED) is 0.688. The summed E-state index contributed by atoms with van der Waals surface area (Å²) < 4.78 is 7.05. The van der Waals surface area contributed by atoms with E-state index in [1.807, 2.05) is 12.4 Å². The fraction of sp³-hybridized carbons (Fsp3) is 0.667. The van der Waals surface area contributed by atoms with Gasteiger partial charge in [-0.25, -0.2) is 9.97 Å². The molecule has 1 N–H and O–H groups in total. The molecule has 3 rings (SSSR count). The summed E-state index contributed by atoms with van der Waals surface area (Å²) in [6.45, 7) is 8.76. The smallest absolute Gasteiger partial charge is 0.204 e. The van der Waals surface area contributed by atoms with E-state index in [9.17, 15) is 0 Å². The van der Waals surface area contributed by atoms with Crippen LogP contribution in [0.5, 0.6) is 0 Å². The predicted octanol–water partition coefficient (Wildman–Crippen LogP) is 5.71. The molecule has 132 valence electrons. The predicted molar refractivity (Wildman–Crippen MR) is 102 cm³/mol. The zero-order valence-corrected chi connectivity index (χ0v) is 16.6. The normalized spacial score (nSPS) is 21.8. The van der Waals surface area contributed by atoms with Gasteiger partial charge in [-0.2, -0.15) is 0 Å². The minimum Gasteiger partial charge on any atom is -0.444 e. The summed E-state index contributed by atoms with van der Waals surface area (Å²) in [6.07, 6.45) is 8.97. The lowest BCUT2D eigenvalue weighted by molar-refractivity contribution is 0.361. The van der Waals surface area contributed by atoms with Crippen LogP contribution in [0.15, 0.2) is 21.0 Å². The summed E-state index contributed by atoms with van der Waals surface area (Å²) in [5.41, 5.74) is 0.00892. The molecule has 1 aliphatic rings. The van der Waals surface area contributed by atoms with Gasteiger partial charge in [0, 0.05) is 11.5 Å². The van der Waals surface area contributed by atoms with E-state index in [0.717, 1.165) is 28.5 Å². The van der Waals surface area contributed by atoms with Gasteiger partial charge in [-0.05, 0) is 31.6 Å². The first-order valence-corrected chi connectivity index (χ1v) is 10.5. The summed E-state index contributed by atoms with van der Waals surface area (Å²) in [6, 6.07) is 0.589. The van der Waals surface area contributed by atoms with Crippen molar-refractivity contribution >= 4 is 28.2 Å². The van der Waals surface area contributed by atoms with Crippen molar-refractivity contribution in [1.29, 1.82) is 0 Å². The molecule has 0 radical (unpaired) electrons. The van der Waals surface area contributed by atoms with Gasteiger partial charge in [0.2, 0.25) is 5.89 Å². The fourth-order valence-electron chi connectivity index (χ4n) is 2.83. The highest BCUT2D eigenvalue weighted by Gasteiger charge is 2.20. The van der Waals surface area contributed by atoms with E-state index in [1.54, 1.807) is 23.1 Å². The van der Waals surface area contributed by atoms with Crippen molar-refractivity contribution in [2.45, 2.75) is 74.8 Å². The molecule has 0 aromatic carbocycles. The Morgan fingerprint density at radius 1 is 1.21 bits per heavy atom. The Hall–Kier alpha value is -1.01. The van der Waals surface area contributed by atoms with Crippen molar-refractivity contribution in [2.24, 2.45) is 5.92 Å². The minimum atomic E-state index is 0.00892. The Morgan fingerprint density at radius 2 is 1.96 bits per heavy atom. The number of nitrogens with zero attached hydrogens (tertiary/aromatic N) is 2. The molecule has 2 heterocycles. The molecule has 0 spiro atoms. The third-order valence-corrected chi connectivity index (χ3v) is 6.57. The second-order valence-electron chi connectivity index (χ2n) is 7.74. The molecule has 0 bridgehead atoms. The number of hydrogen-bond donors (Lipinski definition) is 1. The number of aromatic nitrogens is 2. The fourth-order valence-corrected chi connectivity index (χ4v) is 4.63. The summed E-state index contributed by atoms with van der Waals surface area (Å²) in [4.78, 5) is 8.91. The molecule has 1 saturated carbocycles. The van der Waals surface area contributed by atoms with Crippen molar-refractivity contribution in [2.75, 3.05) is 5.32 Å². The summed E-state index contributed by atoms with van der Waals surface area (Å²) >= 11 is 3.47. The first kappa shape index (κ1) is 17.8. The van der Waals surface area contributed by atoms with Crippen molar-refractivity contribution in [1.82, 2.24) is 9.97 Å². The third-order valence-electron chi connectivity index (χ3n) is 4.46. The molecule has 1 aliphatic carbocycles. The van der Waals surface area contributed by atoms with Crippen LogP contribution in [0.1, 0.15) is 65.0 Å². The molecule has 4 nitrogen and oxygen atoms in total. The molecule has 24 heavy (non-hydrogen) atoms. The molecule has 0 atom stereocenters. The van der Waals surface area contributed by atoms with E-state index in [4.69, 9.17) is 4.42 Å². The van der Waals surface area contributed by atoms with Crippen molar-refractivity contribution in [3.05, 3.63) is 24.0 Å². The average molecular weight is 366 g/mol. The second-order valence-corrected chi connectivity index (χ2v) is 10.0. The van der Waals surface area contributed by atoms with E-state index in [2.05, 4.69) is 43.0 Å². The van der Waals surface area contributed by atoms with Gasteiger partial charge in [0.25, 0.3) is 0 Å². The zero-order valence-electron chi connectivity index (χ0n) is 15.0. The maximum Gasteiger partial charge on any atom is 0.204 e. The molecular formula is C18H27N3OS2.